The van der Waals surface area contributed by atoms with Crippen LogP contribution in [0.25, 0.3) is 16.6 Å². The number of sulfonamides is 1. The molecule has 0 radical (unpaired) electrons. The zero-order valence-electron chi connectivity index (χ0n) is 18.7. The number of hydrogen-bond acceptors (Lipinski definition) is 4. The fourth-order valence-corrected chi connectivity index (χ4v) is 4.82. The summed E-state index contributed by atoms with van der Waals surface area (Å²) in [5.74, 6) is -0.589. The van der Waals surface area contributed by atoms with Gasteiger partial charge in [-0.1, -0.05) is 23.7 Å². The fourth-order valence-electron chi connectivity index (χ4n) is 3.59. The number of aromatic nitrogens is 2. The van der Waals surface area contributed by atoms with Crippen LogP contribution in [0, 0.1) is 5.82 Å². The van der Waals surface area contributed by atoms with Gasteiger partial charge in [0.05, 0.1) is 27.9 Å². The van der Waals surface area contributed by atoms with Crippen LogP contribution in [0.2, 0.25) is 5.02 Å². The van der Waals surface area contributed by atoms with E-state index in [0.29, 0.717) is 27.7 Å². The van der Waals surface area contributed by atoms with Crippen LogP contribution in [0.1, 0.15) is 15.9 Å². The number of rotatable bonds is 6. The molecule has 0 bridgehead atoms. The van der Waals surface area contributed by atoms with Crippen molar-refractivity contribution in [2.45, 2.75) is 11.4 Å². The molecule has 0 aliphatic heterocycles. The van der Waals surface area contributed by atoms with E-state index < -0.39 is 10.0 Å². The average Bonchev–Trinajstić information content (AvgIpc) is 3.24. The van der Waals surface area contributed by atoms with Gasteiger partial charge >= 0.3 is 0 Å². The van der Waals surface area contributed by atoms with Crippen molar-refractivity contribution in [1.82, 2.24) is 19.0 Å². The lowest BCUT2D eigenvalue weighted by atomic mass is 10.1. The molecule has 34 heavy (non-hydrogen) atoms. The van der Waals surface area contributed by atoms with E-state index in [1.165, 1.54) is 43.3 Å². The molecule has 10 heteroatoms. The second kappa shape index (κ2) is 9.17. The number of benzene rings is 3. The molecule has 176 valence electrons. The van der Waals surface area contributed by atoms with E-state index in [0.717, 1.165) is 4.31 Å². The van der Waals surface area contributed by atoms with Gasteiger partial charge in [-0.2, -0.15) is 5.10 Å². The van der Waals surface area contributed by atoms with Gasteiger partial charge in [0.15, 0.2) is 0 Å². The summed E-state index contributed by atoms with van der Waals surface area (Å²) in [5.41, 5.74) is 2.46. The van der Waals surface area contributed by atoms with E-state index in [9.17, 15) is 17.6 Å². The highest BCUT2D eigenvalue weighted by molar-refractivity contribution is 7.89. The molecule has 0 fully saturated rings. The molecule has 0 saturated heterocycles. The minimum absolute atomic E-state index is 0.0817. The van der Waals surface area contributed by atoms with Crippen LogP contribution >= 0.6 is 11.6 Å². The Morgan fingerprint density at radius 1 is 1.06 bits per heavy atom. The van der Waals surface area contributed by atoms with Gasteiger partial charge in [0.25, 0.3) is 5.91 Å². The molecule has 4 rings (SSSR count). The Hall–Kier alpha value is -3.27. The van der Waals surface area contributed by atoms with Crippen LogP contribution in [-0.4, -0.2) is 54.5 Å². The molecule has 0 aliphatic carbocycles. The van der Waals surface area contributed by atoms with Crippen molar-refractivity contribution in [2.24, 2.45) is 0 Å². The summed E-state index contributed by atoms with van der Waals surface area (Å²) < 4.78 is 40.7. The zero-order valence-corrected chi connectivity index (χ0v) is 20.3. The Balaban J connectivity index is 1.61. The predicted molar refractivity (Wildman–Crippen MR) is 129 cm³/mol. The monoisotopic (exact) mass is 500 g/mol. The standard InChI is InChI=1S/C24H22ClFN4O3S/c1-28(2)34(32,33)19-12-7-16(22(25)13-19)15-29(3)24(31)20-5-4-6-23-21(20)14-27-30(23)18-10-8-17(26)9-11-18/h4-14H,15H2,1-3H3. The summed E-state index contributed by atoms with van der Waals surface area (Å²) in [6.07, 6.45) is 1.60. The summed E-state index contributed by atoms with van der Waals surface area (Å²) in [6, 6.07) is 15.7. The molecule has 1 aromatic heterocycles. The summed E-state index contributed by atoms with van der Waals surface area (Å²) in [5, 5.41) is 5.29. The Kier molecular flexibility index (Phi) is 6.44. The second-order valence-corrected chi connectivity index (χ2v) is 10.5. The molecule has 0 atom stereocenters. The second-order valence-electron chi connectivity index (χ2n) is 7.97. The third kappa shape index (κ3) is 4.42. The molecule has 0 saturated carbocycles. The quantitative estimate of drug-likeness (QED) is 0.394. The van der Waals surface area contributed by atoms with Crippen LogP contribution in [0.4, 0.5) is 4.39 Å². The van der Waals surface area contributed by atoms with Crippen LogP contribution in [0.5, 0.6) is 0 Å². The third-order valence-electron chi connectivity index (χ3n) is 5.47. The first-order valence-electron chi connectivity index (χ1n) is 10.3. The molecule has 3 aromatic carbocycles. The molecular weight excluding hydrogens is 479 g/mol. The molecule has 0 aliphatic rings. The van der Waals surface area contributed by atoms with Crippen LogP contribution in [-0.2, 0) is 16.6 Å². The fraction of sp³-hybridized carbons (Fsp3) is 0.167. The van der Waals surface area contributed by atoms with E-state index in [1.807, 2.05) is 6.07 Å². The maximum Gasteiger partial charge on any atom is 0.254 e. The van der Waals surface area contributed by atoms with Gasteiger partial charge in [-0.3, -0.25) is 4.79 Å². The summed E-state index contributed by atoms with van der Waals surface area (Å²) >= 11 is 6.35. The first kappa shape index (κ1) is 23.9. The minimum Gasteiger partial charge on any atom is -0.337 e. The van der Waals surface area contributed by atoms with E-state index in [4.69, 9.17) is 11.6 Å². The molecule has 0 spiro atoms. The molecule has 0 N–H and O–H groups in total. The number of carbonyl (C=O) groups excluding carboxylic acids is 1. The van der Waals surface area contributed by atoms with E-state index in [1.54, 1.807) is 48.3 Å². The van der Waals surface area contributed by atoms with Gasteiger partial charge in [0, 0.05) is 38.1 Å². The number of hydrogen-bond donors (Lipinski definition) is 0. The lowest BCUT2D eigenvalue weighted by molar-refractivity contribution is 0.0787. The molecular formula is C24H22ClFN4O3S. The van der Waals surface area contributed by atoms with Gasteiger partial charge in [-0.05, 0) is 54.1 Å². The first-order chi connectivity index (χ1) is 16.1. The zero-order chi connectivity index (χ0) is 24.6. The topological polar surface area (TPSA) is 75.5 Å². The predicted octanol–water partition coefficient (Wildman–Crippen LogP) is 4.34. The van der Waals surface area contributed by atoms with E-state index in [-0.39, 0.29) is 28.2 Å². The SMILES string of the molecule is CN(Cc1ccc(S(=O)(=O)N(C)C)cc1Cl)C(=O)c1cccc2c1cnn2-c1ccc(F)cc1. The summed E-state index contributed by atoms with van der Waals surface area (Å²) in [7, 11) is 0.926. The third-order valence-corrected chi connectivity index (χ3v) is 7.64. The molecule has 0 unspecified atom stereocenters. The van der Waals surface area contributed by atoms with Crippen LogP contribution in [0.15, 0.2) is 71.8 Å². The number of carbonyl (C=O) groups is 1. The smallest absolute Gasteiger partial charge is 0.254 e. The highest BCUT2D eigenvalue weighted by atomic mass is 35.5. The molecule has 1 heterocycles. The summed E-state index contributed by atoms with van der Waals surface area (Å²) in [6.45, 7) is 0.183. The van der Waals surface area contributed by atoms with Crippen molar-refractivity contribution in [3.8, 4) is 5.69 Å². The maximum absolute atomic E-state index is 13.3. The molecule has 4 aromatic rings. The van der Waals surface area contributed by atoms with Crippen molar-refractivity contribution < 1.29 is 17.6 Å². The maximum atomic E-state index is 13.3. The van der Waals surface area contributed by atoms with Crippen molar-refractivity contribution in [3.05, 3.63) is 88.8 Å². The number of halogens is 2. The largest absolute Gasteiger partial charge is 0.337 e. The number of nitrogens with zero attached hydrogens (tertiary/aromatic N) is 4. The van der Waals surface area contributed by atoms with Gasteiger partial charge in [0.2, 0.25) is 10.0 Å². The Morgan fingerprint density at radius 3 is 2.41 bits per heavy atom. The van der Waals surface area contributed by atoms with Crippen molar-refractivity contribution in [1.29, 1.82) is 0 Å². The Labute approximate surface area is 202 Å². The lowest BCUT2D eigenvalue weighted by Crippen LogP contribution is -2.26. The van der Waals surface area contributed by atoms with E-state index in [2.05, 4.69) is 5.10 Å². The minimum atomic E-state index is -3.61. The van der Waals surface area contributed by atoms with Gasteiger partial charge in [0.1, 0.15) is 5.82 Å². The highest BCUT2D eigenvalue weighted by Gasteiger charge is 2.21. The van der Waals surface area contributed by atoms with Crippen LogP contribution in [0.3, 0.4) is 0 Å². The Morgan fingerprint density at radius 2 is 1.76 bits per heavy atom. The van der Waals surface area contributed by atoms with Gasteiger partial charge in [-0.25, -0.2) is 21.8 Å². The van der Waals surface area contributed by atoms with Crippen molar-refractivity contribution in [3.63, 3.8) is 0 Å². The average molecular weight is 501 g/mol. The summed E-state index contributed by atoms with van der Waals surface area (Å²) in [4.78, 5) is 14.9. The van der Waals surface area contributed by atoms with E-state index >= 15 is 0 Å². The van der Waals surface area contributed by atoms with Crippen LogP contribution < -0.4 is 0 Å². The first-order valence-corrected chi connectivity index (χ1v) is 12.1. The van der Waals surface area contributed by atoms with Gasteiger partial charge < -0.3 is 4.90 Å². The number of amides is 1. The van der Waals surface area contributed by atoms with Crippen molar-refractivity contribution >= 4 is 38.4 Å². The highest BCUT2D eigenvalue weighted by Crippen LogP contribution is 2.26. The lowest BCUT2D eigenvalue weighted by Gasteiger charge is -2.19. The molecule has 1 amide bonds. The Bertz CT molecular complexity index is 1480. The number of fused-ring (bicyclic) bond motifs is 1. The van der Waals surface area contributed by atoms with Crippen molar-refractivity contribution in [2.75, 3.05) is 21.1 Å². The van der Waals surface area contributed by atoms with Gasteiger partial charge in [-0.15, -0.1) is 0 Å². The molecule has 7 nitrogen and oxygen atoms in total. The normalized spacial score (nSPS) is 11.8.